The summed E-state index contributed by atoms with van der Waals surface area (Å²) < 4.78 is 1.79. The van der Waals surface area contributed by atoms with Gasteiger partial charge in [-0.3, -0.25) is 4.79 Å². The summed E-state index contributed by atoms with van der Waals surface area (Å²) >= 11 is 6.13. The van der Waals surface area contributed by atoms with E-state index < -0.39 is 0 Å². The van der Waals surface area contributed by atoms with Crippen molar-refractivity contribution in [3.63, 3.8) is 0 Å². The van der Waals surface area contributed by atoms with Crippen molar-refractivity contribution in [3.05, 3.63) is 40.4 Å². The molecule has 0 N–H and O–H groups in total. The summed E-state index contributed by atoms with van der Waals surface area (Å²) in [6, 6.07) is 5.33. The Morgan fingerprint density at radius 2 is 2.05 bits per heavy atom. The number of aromatic nitrogens is 3. The van der Waals surface area contributed by atoms with Gasteiger partial charge in [0.25, 0.3) is 0 Å². The minimum Gasteiger partial charge on any atom is -0.294 e. The van der Waals surface area contributed by atoms with Gasteiger partial charge in [0.05, 0.1) is 10.7 Å². The third kappa shape index (κ3) is 2.68. The van der Waals surface area contributed by atoms with Gasteiger partial charge >= 0.3 is 0 Å². The van der Waals surface area contributed by atoms with Gasteiger partial charge < -0.3 is 0 Å². The molecule has 0 aliphatic heterocycles. The molecule has 0 aliphatic carbocycles. The molecule has 0 bridgehead atoms. The Labute approximate surface area is 117 Å². The highest BCUT2D eigenvalue weighted by Crippen LogP contribution is 2.21. The van der Waals surface area contributed by atoms with Crippen LogP contribution in [0.25, 0.3) is 5.69 Å². The Bertz CT molecular complexity index is 619. The number of rotatable bonds is 4. The van der Waals surface area contributed by atoms with E-state index in [4.69, 9.17) is 11.6 Å². The standard InChI is InChI=1S/C14H16ClN3O/c1-4-13-16-14(5-2)18(17-13)10-6-7-11(9(3)19)12(15)8-10/h6-8H,4-5H2,1-3H3. The molecule has 0 radical (unpaired) electrons. The van der Waals surface area contributed by atoms with Crippen LogP contribution in [0, 0.1) is 0 Å². The van der Waals surface area contributed by atoms with Crippen LogP contribution >= 0.6 is 11.6 Å². The zero-order valence-electron chi connectivity index (χ0n) is 11.3. The SMILES string of the molecule is CCc1nc(CC)n(-c2ccc(C(C)=O)c(Cl)c2)n1. The van der Waals surface area contributed by atoms with E-state index in [2.05, 4.69) is 10.1 Å². The lowest BCUT2D eigenvalue weighted by Crippen LogP contribution is -2.03. The predicted molar refractivity (Wildman–Crippen MR) is 75.1 cm³/mol. The molecule has 0 fully saturated rings. The first kappa shape index (κ1) is 13.7. The Hall–Kier alpha value is -1.68. The highest BCUT2D eigenvalue weighted by molar-refractivity contribution is 6.34. The number of Topliss-reactive ketones (excluding diaryl/α,β-unsaturated/α-hetero) is 1. The molecule has 19 heavy (non-hydrogen) atoms. The number of halogens is 1. The molecule has 0 aliphatic rings. The van der Waals surface area contributed by atoms with Crippen LogP contribution in [0.15, 0.2) is 18.2 Å². The summed E-state index contributed by atoms with van der Waals surface area (Å²) in [5.74, 6) is 1.66. The predicted octanol–water partition coefficient (Wildman–Crippen LogP) is 3.25. The van der Waals surface area contributed by atoms with Crippen molar-refractivity contribution in [3.8, 4) is 5.69 Å². The molecule has 0 saturated carbocycles. The number of carbonyl (C=O) groups excluding carboxylic acids is 1. The Balaban J connectivity index is 2.50. The lowest BCUT2D eigenvalue weighted by molar-refractivity contribution is 0.101. The molecule has 0 amide bonds. The summed E-state index contributed by atoms with van der Waals surface area (Å²) in [6.45, 7) is 5.56. The second-order valence-corrected chi connectivity index (χ2v) is 4.69. The molecule has 0 unspecified atom stereocenters. The Morgan fingerprint density at radius 3 is 2.58 bits per heavy atom. The van der Waals surface area contributed by atoms with Gasteiger partial charge in [-0.2, -0.15) is 5.10 Å². The maximum absolute atomic E-state index is 11.4. The van der Waals surface area contributed by atoms with Crippen LogP contribution in [-0.2, 0) is 12.8 Å². The normalized spacial score (nSPS) is 10.7. The fraction of sp³-hybridized carbons (Fsp3) is 0.357. The van der Waals surface area contributed by atoms with Crippen molar-refractivity contribution in [2.75, 3.05) is 0 Å². The van der Waals surface area contributed by atoms with E-state index in [9.17, 15) is 4.79 Å². The molecule has 0 atom stereocenters. The number of hydrogen-bond donors (Lipinski definition) is 0. The average molecular weight is 278 g/mol. The van der Waals surface area contributed by atoms with Gasteiger partial charge in [0.15, 0.2) is 11.6 Å². The highest BCUT2D eigenvalue weighted by Gasteiger charge is 2.12. The molecule has 0 spiro atoms. The summed E-state index contributed by atoms with van der Waals surface area (Å²) in [5.41, 5.74) is 1.36. The molecule has 5 heteroatoms. The number of aryl methyl sites for hydroxylation is 2. The molecule has 1 aromatic heterocycles. The molecule has 4 nitrogen and oxygen atoms in total. The van der Waals surface area contributed by atoms with E-state index in [0.717, 1.165) is 30.2 Å². The summed E-state index contributed by atoms with van der Waals surface area (Å²) in [6.07, 6.45) is 1.58. The Kier molecular flexibility index (Phi) is 4.00. The van der Waals surface area contributed by atoms with Gasteiger partial charge in [-0.25, -0.2) is 9.67 Å². The topological polar surface area (TPSA) is 47.8 Å². The first-order valence-corrected chi connectivity index (χ1v) is 6.70. The molecule has 2 aromatic rings. The van der Waals surface area contributed by atoms with Crippen molar-refractivity contribution in [2.24, 2.45) is 0 Å². The van der Waals surface area contributed by atoms with E-state index in [-0.39, 0.29) is 5.78 Å². The molecule has 1 aromatic carbocycles. The first-order chi connectivity index (χ1) is 9.06. The van der Waals surface area contributed by atoms with Gasteiger partial charge in [0, 0.05) is 18.4 Å². The van der Waals surface area contributed by atoms with E-state index in [0.29, 0.717) is 10.6 Å². The highest BCUT2D eigenvalue weighted by atomic mass is 35.5. The molecule has 0 saturated heterocycles. The quantitative estimate of drug-likeness (QED) is 0.806. The van der Waals surface area contributed by atoms with Crippen molar-refractivity contribution in [2.45, 2.75) is 33.6 Å². The van der Waals surface area contributed by atoms with Crippen LogP contribution in [0.1, 0.15) is 42.8 Å². The maximum Gasteiger partial charge on any atom is 0.161 e. The fourth-order valence-corrected chi connectivity index (χ4v) is 2.21. The van der Waals surface area contributed by atoms with Gasteiger partial charge in [-0.15, -0.1) is 0 Å². The minimum absolute atomic E-state index is 0.0416. The summed E-state index contributed by atoms with van der Waals surface area (Å²) in [5, 5.41) is 4.89. The second kappa shape index (κ2) is 5.53. The lowest BCUT2D eigenvalue weighted by atomic mass is 10.1. The minimum atomic E-state index is -0.0416. The van der Waals surface area contributed by atoms with Gasteiger partial charge in [-0.1, -0.05) is 25.4 Å². The van der Waals surface area contributed by atoms with Crippen molar-refractivity contribution >= 4 is 17.4 Å². The zero-order chi connectivity index (χ0) is 14.0. The third-order valence-electron chi connectivity index (χ3n) is 2.93. The summed E-state index contributed by atoms with van der Waals surface area (Å²) in [4.78, 5) is 15.8. The number of benzene rings is 1. The number of nitrogens with zero attached hydrogens (tertiary/aromatic N) is 3. The van der Waals surface area contributed by atoms with Crippen molar-refractivity contribution in [1.29, 1.82) is 0 Å². The number of carbonyl (C=O) groups is 1. The van der Waals surface area contributed by atoms with Crippen molar-refractivity contribution < 1.29 is 4.79 Å². The van der Waals surface area contributed by atoms with Crippen LogP contribution in [0.4, 0.5) is 0 Å². The summed E-state index contributed by atoms with van der Waals surface area (Å²) in [7, 11) is 0. The van der Waals surface area contributed by atoms with E-state index >= 15 is 0 Å². The Morgan fingerprint density at radius 1 is 1.32 bits per heavy atom. The smallest absolute Gasteiger partial charge is 0.161 e. The largest absolute Gasteiger partial charge is 0.294 e. The first-order valence-electron chi connectivity index (χ1n) is 6.32. The monoisotopic (exact) mass is 277 g/mol. The molecule has 100 valence electrons. The molecule has 2 rings (SSSR count). The molecule has 1 heterocycles. The molecular weight excluding hydrogens is 262 g/mol. The van der Waals surface area contributed by atoms with Crippen LogP contribution in [0.5, 0.6) is 0 Å². The van der Waals surface area contributed by atoms with Crippen LogP contribution in [0.3, 0.4) is 0 Å². The zero-order valence-corrected chi connectivity index (χ0v) is 12.0. The second-order valence-electron chi connectivity index (χ2n) is 4.28. The number of ketones is 1. The average Bonchev–Trinajstić information content (AvgIpc) is 2.81. The maximum atomic E-state index is 11.4. The van der Waals surface area contributed by atoms with E-state index in [1.807, 2.05) is 19.9 Å². The van der Waals surface area contributed by atoms with E-state index in [1.54, 1.807) is 16.8 Å². The van der Waals surface area contributed by atoms with E-state index in [1.165, 1.54) is 6.92 Å². The van der Waals surface area contributed by atoms with Gasteiger partial charge in [0.2, 0.25) is 0 Å². The lowest BCUT2D eigenvalue weighted by Gasteiger charge is -2.06. The molecular formula is C14H16ClN3O. The van der Waals surface area contributed by atoms with Gasteiger partial charge in [0.1, 0.15) is 5.82 Å². The van der Waals surface area contributed by atoms with Crippen LogP contribution < -0.4 is 0 Å². The van der Waals surface area contributed by atoms with Crippen molar-refractivity contribution in [1.82, 2.24) is 14.8 Å². The third-order valence-corrected chi connectivity index (χ3v) is 3.24. The van der Waals surface area contributed by atoms with Crippen LogP contribution in [0.2, 0.25) is 5.02 Å². The van der Waals surface area contributed by atoms with Crippen LogP contribution in [-0.4, -0.2) is 20.5 Å². The number of hydrogen-bond acceptors (Lipinski definition) is 3. The fourth-order valence-electron chi connectivity index (χ4n) is 1.90. The van der Waals surface area contributed by atoms with Gasteiger partial charge in [-0.05, 0) is 25.1 Å².